The molecule has 0 spiro atoms. The zero-order chi connectivity index (χ0) is 18.6. The number of benzene rings is 1. The standard InChI is InChI=1S/C16H20N2O6S/c1-25(23,24)13-8-11(16(21)22)7-12(9-13)17-14(19)10-18-6-4-2-3-5-15(18)20/h7-9H,2-6,10H2,1H3,(H,17,19)(H,21,22). The van der Waals surface area contributed by atoms with Gasteiger partial charge in [-0.25, -0.2) is 13.2 Å². The van der Waals surface area contributed by atoms with Crippen LogP contribution in [0.5, 0.6) is 0 Å². The molecular formula is C16H20N2O6S. The Bertz CT molecular complexity index is 803. The Morgan fingerprint density at radius 1 is 1.20 bits per heavy atom. The summed E-state index contributed by atoms with van der Waals surface area (Å²) in [5.41, 5.74) is -0.184. The molecule has 136 valence electrons. The Hall–Kier alpha value is -2.42. The van der Waals surface area contributed by atoms with Gasteiger partial charge in [0.15, 0.2) is 9.84 Å². The Balaban J connectivity index is 2.18. The van der Waals surface area contributed by atoms with Crippen LogP contribution in [0.1, 0.15) is 36.0 Å². The van der Waals surface area contributed by atoms with Crippen molar-refractivity contribution in [3.05, 3.63) is 23.8 Å². The van der Waals surface area contributed by atoms with Crippen LogP contribution in [0.3, 0.4) is 0 Å². The minimum absolute atomic E-state index is 0.0626. The van der Waals surface area contributed by atoms with Crippen LogP contribution in [0, 0.1) is 0 Å². The van der Waals surface area contributed by atoms with Crippen LogP contribution in [0.4, 0.5) is 5.69 Å². The van der Waals surface area contributed by atoms with Crippen LogP contribution in [0.2, 0.25) is 0 Å². The molecule has 0 aromatic heterocycles. The van der Waals surface area contributed by atoms with E-state index in [2.05, 4.69) is 5.32 Å². The van der Waals surface area contributed by atoms with Crippen molar-refractivity contribution >= 4 is 33.3 Å². The molecule has 1 aliphatic rings. The van der Waals surface area contributed by atoms with Crippen molar-refractivity contribution in [2.24, 2.45) is 0 Å². The van der Waals surface area contributed by atoms with Gasteiger partial charge in [-0.3, -0.25) is 9.59 Å². The molecule has 2 amide bonds. The number of carboxylic acids is 1. The highest BCUT2D eigenvalue weighted by atomic mass is 32.2. The minimum Gasteiger partial charge on any atom is -0.478 e. The molecule has 1 aromatic rings. The fraction of sp³-hybridized carbons (Fsp3) is 0.438. The van der Waals surface area contributed by atoms with E-state index in [1.54, 1.807) is 0 Å². The molecular weight excluding hydrogens is 348 g/mol. The van der Waals surface area contributed by atoms with E-state index in [0.29, 0.717) is 13.0 Å². The molecule has 25 heavy (non-hydrogen) atoms. The molecule has 1 aromatic carbocycles. The van der Waals surface area contributed by atoms with Crippen LogP contribution in [0.25, 0.3) is 0 Å². The third kappa shape index (κ3) is 5.28. The van der Waals surface area contributed by atoms with Crippen molar-refractivity contribution in [2.75, 3.05) is 24.7 Å². The summed E-state index contributed by atoms with van der Waals surface area (Å²) in [6.07, 6.45) is 3.92. The largest absolute Gasteiger partial charge is 0.478 e. The Kier molecular flexibility index (Phi) is 5.78. The van der Waals surface area contributed by atoms with Crippen LogP contribution in [-0.4, -0.2) is 55.6 Å². The van der Waals surface area contributed by atoms with E-state index in [-0.39, 0.29) is 28.6 Å². The first-order chi connectivity index (χ1) is 11.7. The van der Waals surface area contributed by atoms with Crippen molar-refractivity contribution < 1.29 is 27.9 Å². The second kappa shape index (κ2) is 7.64. The quantitative estimate of drug-likeness (QED) is 0.804. The number of carbonyl (C=O) groups excluding carboxylic acids is 2. The molecule has 0 bridgehead atoms. The summed E-state index contributed by atoms with van der Waals surface area (Å²) in [6.45, 7) is 0.348. The third-order valence-corrected chi connectivity index (χ3v) is 4.96. The van der Waals surface area contributed by atoms with Gasteiger partial charge in [0, 0.05) is 24.9 Å². The summed E-state index contributed by atoms with van der Waals surface area (Å²) in [6, 6.07) is 3.41. The SMILES string of the molecule is CS(=O)(=O)c1cc(NC(=O)CN2CCCCCC2=O)cc(C(=O)O)c1. The monoisotopic (exact) mass is 368 g/mol. The minimum atomic E-state index is -3.64. The molecule has 0 saturated carbocycles. The summed E-state index contributed by atoms with van der Waals surface area (Å²) in [5.74, 6) is -1.90. The van der Waals surface area contributed by atoms with Crippen molar-refractivity contribution in [2.45, 2.75) is 30.6 Å². The molecule has 2 N–H and O–H groups in total. The number of sulfone groups is 1. The van der Waals surface area contributed by atoms with Gasteiger partial charge >= 0.3 is 5.97 Å². The second-order valence-electron chi connectivity index (χ2n) is 6.00. The normalized spacial score (nSPS) is 15.6. The topological polar surface area (TPSA) is 121 Å². The number of carbonyl (C=O) groups is 3. The maximum atomic E-state index is 12.2. The van der Waals surface area contributed by atoms with Crippen molar-refractivity contribution in [3.63, 3.8) is 0 Å². The third-order valence-electron chi connectivity index (χ3n) is 3.87. The number of nitrogens with zero attached hydrogens (tertiary/aromatic N) is 1. The van der Waals surface area contributed by atoms with Gasteiger partial charge in [-0.2, -0.15) is 0 Å². The molecule has 9 heteroatoms. The van der Waals surface area contributed by atoms with Gasteiger partial charge in [0.25, 0.3) is 0 Å². The van der Waals surface area contributed by atoms with Crippen LogP contribution in [-0.2, 0) is 19.4 Å². The number of carboxylic acid groups (broad SMARTS) is 1. The summed E-state index contributed by atoms with van der Waals surface area (Å²) < 4.78 is 23.4. The first-order valence-electron chi connectivity index (χ1n) is 7.83. The molecule has 0 aliphatic carbocycles. The van der Waals surface area contributed by atoms with Gasteiger partial charge in [0.05, 0.1) is 17.0 Å². The van der Waals surface area contributed by atoms with Crippen LogP contribution < -0.4 is 5.32 Å². The fourth-order valence-corrected chi connectivity index (χ4v) is 3.27. The van der Waals surface area contributed by atoms with E-state index >= 15 is 0 Å². The molecule has 2 rings (SSSR count). The smallest absolute Gasteiger partial charge is 0.335 e. The van der Waals surface area contributed by atoms with Gasteiger partial charge in [-0.05, 0) is 31.0 Å². The lowest BCUT2D eigenvalue weighted by atomic mass is 10.2. The second-order valence-corrected chi connectivity index (χ2v) is 8.01. The molecule has 1 heterocycles. The van der Waals surface area contributed by atoms with Crippen LogP contribution in [0.15, 0.2) is 23.1 Å². The van der Waals surface area contributed by atoms with E-state index in [4.69, 9.17) is 5.11 Å². The molecule has 1 aliphatic heterocycles. The van der Waals surface area contributed by atoms with Crippen molar-refractivity contribution in [1.82, 2.24) is 4.90 Å². The van der Waals surface area contributed by atoms with E-state index < -0.39 is 21.7 Å². The summed E-state index contributed by atoms with van der Waals surface area (Å²) >= 11 is 0. The summed E-state index contributed by atoms with van der Waals surface area (Å²) in [4.78, 5) is 36.5. The van der Waals surface area contributed by atoms with Crippen molar-refractivity contribution in [3.8, 4) is 0 Å². The molecule has 0 atom stereocenters. The number of hydrogen-bond acceptors (Lipinski definition) is 5. The van der Waals surface area contributed by atoms with E-state index in [1.165, 1.54) is 17.0 Å². The molecule has 8 nitrogen and oxygen atoms in total. The van der Waals surface area contributed by atoms with Gasteiger partial charge < -0.3 is 15.3 Å². The first-order valence-corrected chi connectivity index (χ1v) is 9.72. The van der Waals surface area contributed by atoms with E-state index in [0.717, 1.165) is 31.6 Å². The van der Waals surface area contributed by atoms with Gasteiger partial charge in [0.2, 0.25) is 11.8 Å². The van der Waals surface area contributed by atoms with E-state index in [9.17, 15) is 22.8 Å². The fourth-order valence-electron chi connectivity index (χ4n) is 2.59. The number of amides is 2. The van der Waals surface area contributed by atoms with E-state index in [1.807, 2.05) is 0 Å². The van der Waals surface area contributed by atoms with Gasteiger partial charge in [0.1, 0.15) is 0 Å². The summed E-state index contributed by atoms with van der Waals surface area (Å²) in [5, 5.41) is 11.6. The van der Waals surface area contributed by atoms with Gasteiger partial charge in [-0.15, -0.1) is 0 Å². The predicted octanol–water partition coefficient (Wildman–Crippen LogP) is 1.13. The zero-order valence-corrected chi connectivity index (χ0v) is 14.6. The lowest BCUT2D eigenvalue weighted by Crippen LogP contribution is -2.37. The number of aromatic carboxylic acids is 1. The number of rotatable bonds is 5. The Labute approximate surface area is 145 Å². The molecule has 1 saturated heterocycles. The highest BCUT2D eigenvalue weighted by Gasteiger charge is 2.20. The molecule has 1 fully saturated rings. The zero-order valence-electron chi connectivity index (χ0n) is 13.8. The number of nitrogens with one attached hydrogen (secondary N) is 1. The van der Waals surface area contributed by atoms with Crippen molar-refractivity contribution in [1.29, 1.82) is 0 Å². The Morgan fingerprint density at radius 2 is 1.92 bits per heavy atom. The maximum absolute atomic E-state index is 12.2. The average Bonchev–Trinajstić information content (AvgIpc) is 2.71. The number of hydrogen-bond donors (Lipinski definition) is 2. The summed E-state index contributed by atoms with van der Waals surface area (Å²) in [7, 11) is -3.64. The highest BCUT2D eigenvalue weighted by Crippen LogP contribution is 2.19. The number of anilines is 1. The predicted molar refractivity (Wildman–Crippen MR) is 90.2 cm³/mol. The lowest BCUT2D eigenvalue weighted by molar-refractivity contribution is -0.134. The first kappa shape index (κ1) is 18.9. The Morgan fingerprint density at radius 3 is 2.56 bits per heavy atom. The maximum Gasteiger partial charge on any atom is 0.335 e. The average molecular weight is 368 g/mol. The number of likely N-dealkylation sites (tertiary alicyclic amines) is 1. The lowest BCUT2D eigenvalue weighted by Gasteiger charge is -2.20. The molecule has 0 unspecified atom stereocenters. The molecule has 0 radical (unpaired) electrons. The highest BCUT2D eigenvalue weighted by molar-refractivity contribution is 7.90. The van der Waals surface area contributed by atoms with Gasteiger partial charge in [-0.1, -0.05) is 6.42 Å². The van der Waals surface area contributed by atoms with Crippen LogP contribution >= 0.6 is 0 Å².